The van der Waals surface area contributed by atoms with Gasteiger partial charge in [0.1, 0.15) is 0 Å². The Hall–Kier alpha value is -2.68. The maximum atomic E-state index is 13.2. The van der Waals surface area contributed by atoms with E-state index in [1.165, 1.54) is 16.6 Å². The second-order valence-corrected chi connectivity index (χ2v) is 9.85. The highest BCUT2D eigenvalue weighted by Crippen LogP contribution is 2.23. The number of thioether (sulfide) groups is 1. The van der Waals surface area contributed by atoms with E-state index in [-0.39, 0.29) is 17.1 Å². The molecule has 172 valence electrons. The van der Waals surface area contributed by atoms with Crippen LogP contribution in [-0.2, 0) is 17.8 Å². The molecule has 3 heterocycles. The summed E-state index contributed by atoms with van der Waals surface area (Å²) in [6.45, 7) is 5.84. The monoisotopic (exact) mass is 481 g/mol. The summed E-state index contributed by atoms with van der Waals surface area (Å²) in [6, 6.07) is 13.4. The van der Waals surface area contributed by atoms with E-state index >= 15 is 0 Å². The van der Waals surface area contributed by atoms with Gasteiger partial charge in [-0.2, -0.15) is 0 Å². The number of fused-ring (bicyclic) bond motifs is 1. The molecule has 1 aromatic carbocycles. The number of hydrogen-bond acceptors (Lipinski definition) is 6. The van der Waals surface area contributed by atoms with E-state index in [0.29, 0.717) is 35.6 Å². The molecule has 6 nitrogen and oxygen atoms in total. The summed E-state index contributed by atoms with van der Waals surface area (Å²) in [5.41, 5.74) is 3.32. The molecule has 0 bridgehead atoms. The highest BCUT2D eigenvalue weighted by molar-refractivity contribution is 7.99. The lowest BCUT2D eigenvalue weighted by molar-refractivity contribution is 0.102. The van der Waals surface area contributed by atoms with Gasteiger partial charge in [-0.05, 0) is 49.9 Å². The van der Waals surface area contributed by atoms with Gasteiger partial charge in [0.05, 0.1) is 23.2 Å². The largest absolute Gasteiger partial charge is 0.385 e. The molecule has 0 N–H and O–H groups in total. The van der Waals surface area contributed by atoms with Gasteiger partial charge in [-0.25, -0.2) is 4.98 Å². The molecule has 0 atom stereocenters. The number of aryl methyl sites for hydroxylation is 1. The quantitative estimate of drug-likeness (QED) is 0.139. The van der Waals surface area contributed by atoms with Crippen LogP contribution >= 0.6 is 23.1 Å². The van der Waals surface area contributed by atoms with E-state index in [2.05, 4.69) is 16.0 Å². The lowest BCUT2D eigenvalue weighted by Crippen LogP contribution is -2.24. The minimum atomic E-state index is -0.0826. The topological polar surface area (TPSA) is 66.1 Å². The predicted octanol–water partition coefficient (Wildman–Crippen LogP) is 4.94. The summed E-state index contributed by atoms with van der Waals surface area (Å²) in [5.74, 6) is 0.259. The van der Waals surface area contributed by atoms with Crippen LogP contribution in [0.1, 0.15) is 33.0 Å². The smallest absolute Gasteiger partial charge is 0.262 e. The van der Waals surface area contributed by atoms with Gasteiger partial charge in [0, 0.05) is 42.1 Å². The Morgan fingerprint density at radius 3 is 2.73 bits per heavy atom. The normalized spacial score (nSPS) is 11.4. The Labute approximate surface area is 201 Å². The van der Waals surface area contributed by atoms with Crippen molar-refractivity contribution >= 4 is 39.8 Å². The third-order valence-corrected chi connectivity index (χ3v) is 7.49. The van der Waals surface area contributed by atoms with Crippen LogP contribution in [0.15, 0.2) is 57.8 Å². The molecule has 0 aliphatic carbocycles. The van der Waals surface area contributed by atoms with Gasteiger partial charge < -0.3 is 9.30 Å². The molecule has 4 aromatic rings. The van der Waals surface area contributed by atoms with Crippen LogP contribution in [0, 0.1) is 13.8 Å². The van der Waals surface area contributed by atoms with E-state index in [4.69, 9.17) is 9.72 Å². The van der Waals surface area contributed by atoms with Crippen LogP contribution in [0.4, 0.5) is 0 Å². The molecule has 0 saturated carbocycles. The molecule has 0 radical (unpaired) electrons. The third-order valence-electron chi connectivity index (χ3n) is 5.66. The molecule has 33 heavy (non-hydrogen) atoms. The number of ketones is 1. The van der Waals surface area contributed by atoms with Crippen molar-refractivity contribution in [3.8, 4) is 0 Å². The Morgan fingerprint density at radius 1 is 1.15 bits per heavy atom. The summed E-state index contributed by atoms with van der Waals surface area (Å²) in [4.78, 5) is 32.2. The van der Waals surface area contributed by atoms with Crippen LogP contribution < -0.4 is 5.56 Å². The maximum absolute atomic E-state index is 13.2. The Morgan fingerprint density at radius 2 is 1.97 bits per heavy atom. The summed E-state index contributed by atoms with van der Waals surface area (Å²) < 4.78 is 9.00. The zero-order valence-corrected chi connectivity index (χ0v) is 20.7. The Bertz CT molecular complexity index is 1320. The Balaban J connectivity index is 1.57. The summed E-state index contributed by atoms with van der Waals surface area (Å²) in [6.07, 6.45) is 0.696. The average Bonchev–Trinajstić information content (AvgIpc) is 3.43. The van der Waals surface area contributed by atoms with E-state index in [9.17, 15) is 9.59 Å². The first-order valence-electron chi connectivity index (χ1n) is 10.8. The van der Waals surface area contributed by atoms with Crippen molar-refractivity contribution in [1.29, 1.82) is 0 Å². The fourth-order valence-corrected chi connectivity index (χ4v) is 5.52. The second kappa shape index (κ2) is 10.5. The molecule has 8 heteroatoms. The highest BCUT2D eigenvalue weighted by atomic mass is 32.2. The number of para-hydroxylation sites is 1. The van der Waals surface area contributed by atoms with Gasteiger partial charge in [-0.15, -0.1) is 11.3 Å². The standard InChI is InChI=1S/C25H27N3O3S2/c1-17-14-21(18(2)28(17)15-19-8-6-13-32-19)23(29)16-33-25-26-22-10-5-4-9-20(22)24(30)27(25)11-7-12-31-3/h4-6,8-10,13-14H,7,11-12,15-16H2,1-3H3. The zero-order chi connectivity index (χ0) is 23.4. The molecule has 0 aliphatic heterocycles. The number of ether oxygens (including phenoxy) is 1. The average molecular weight is 482 g/mol. The molecule has 0 aliphatic rings. The first-order valence-corrected chi connectivity index (χ1v) is 12.7. The van der Waals surface area contributed by atoms with E-state index in [0.717, 1.165) is 23.5 Å². The summed E-state index contributed by atoms with van der Waals surface area (Å²) in [5, 5.41) is 3.22. The number of rotatable bonds is 10. The summed E-state index contributed by atoms with van der Waals surface area (Å²) >= 11 is 3.03. The van der Waals surface area contributed by atoms with E-state index in [1.807, 2.05) is 44.2 Å². The third kappa shape index (κ3) is 5.13. The van der Waals surface area contributed by atoms with Crippen LogP contribution in [0.2, 0.25) is 0 Å². The van der Waals surface area contributed by atoms with Crippen LogP contribution in [-0.4, -0.2) is 39.4 Å². The van der Waals surface area contributed by atoms with Crippen LogP contribution in [0.25, 0.3) is 10.9 Å². The van der Waals surface area contributed by atoms with Gasteiger partial charge >= 0.3 is 0 Å². The molecular weight excluding hydrogens is 454 g/mol. The molecule has 0 fully saturated rings. The first-order chi connectivity index (χ1) is 16.0. The number of hydrogen-bond donors (Lipinski definition) is 0. The van der Waals surface area contributed by atoms with Gasteiger partial charge in [0.2, 0.25) is 0 Å². The van der Waals surface area contributed by atoms with Crippen molar-refractivity contribution < 1.29 is 9.53 Å². The highest BCUT2D eigenvalue weighted by Gasteiger charge is 2.18. The van der Waals surface area contributed by atoms with Crippen LogP contribution in [0.5, 0.6) is 0 Å². The molecule has 0 spiro atoms. The number of Topliss-reactive ketones (excluding diaryl/α,β-unsaturated/α-hetero) is 1. The lowest BCUT2D eigenvalue weighted by atomic mass is 10.2. The Kier molecular flexibility index (Phi) is 7.47. The van der Waals surface area contributed by atoms with Crippen molar-refractivity contribution in [3.05, 3.63) is 80.0 Å². The molecule has 0 saturated heterocycles. The van der Waals surface area contributed by atoms with Crippen molar-refractivity contribution in [2.24, 2.45) is 0 Å². The van der Waals surface area contributed by atoms with Gasteiger partial charge in [0.25, 0.3) is 5.56 Å². The fourth-order valence-electron chi connectivity index (χ4n) is 3.91. The minimum absolute atomic E-state index is 0.0383. The van der Waals surface area contributed by atoms with E-state index in [1.54, 1.807) is 29.1 Å². The molecule has 0 amide bonds. The number of nitrogens with zero attached hydrogens (tertiary/aromatic N) is 3. The number of methoxy groups -OCH3 is 1. The number of carbonyl (C=O) groups excluding carboxylic acids is 1. The SMILES string of the molecule is COCCCn1c(SCC(=O)c2cc(C)n(Cc3cccs3)c2C)nc2ccccc2c1=O. The van der Waals surface area contributed by atoms with Crippen molar-refractivity contribution in [2.45, 2.75) is 38.5 Å². The fraction of sp³-hybridized carbons (Fsp3) is 0.320. The molecule has 3 aromatic heterocycles. The van der Waals surface area contributed by atoms with Crippen LogP contribution in [0.3, 0.4) is 0 Å². The number of benzene rings is 1. The van der Waals surface area contributed by atoms with Crippen molar-refractivity contribution in [3.63, 3.8) is 0 Å². The van der Waals surface area contributed by atoms with Crippen molar-refractivity contribution in [2.75, 3.05) is 19.5 Å². The predicted molar refractivity (Wildman–Crippen MR) is 135 cm³/mol. The molecular formula is C25H27N3O3S2. The number of thiophene rings is 1. The number of aromatic nitrogens is 3. The van der Waals surface area contributed by atoms with Gasteiger partial charge in [-0.3, -0.25) is 14.2 Å². The first kappa shape index (κ1) is 23.5. The zero-order valence-electron chi connectivity index (χ0n) is 19.0. The molecule has 4 rings (SSSR count). The van der Waals surface area contributed by atoms with Gasteiger partial charge in [0.15, 0.2) is 10.9 Å². The molecule has 0 unspecified atom stereocenters. The lowest BCUT2D eigenvalue weighted by Gasteiger charge is -2.13. The second-order valence-electron chi connectivity index (χ2n) is 7.88. The maximum Gasteiger partial charge on any atom is 0.262 e. The van der Waals surface area contributed by atoms with E-state index < -0.39 is 0 Å². The number of carbonyl (C=O) groups is 1. The van der Waals surface area contributed by atoms with Crippen molar-refractivity contribution in [1.82, 2.24) is 14.1 Å². The summed E-state index contributed by atoms with van der Waals surface area (Å²) in [7, 11) is 1.64. The minimum Gasteiger partial charge on any atom is -0.385 e. The van der Waals surface area contributed by atoms with Gasteiger partial charge in [-0.1, -0.05) is 30.0 Å².